The van der Waals surface area contributed by atoms with E-state index in [2.05, 4.69) is 10.6 Å². The number of nitrogens with one attached hydrogen (secondary N) is 2. The molecule has 0 heterocycles. The summed E-state index contributed by atoms with van der Waals surface area (Å²) in [5, 5.41) is 6.35. The van der Waals surface area contributed by atoms with Crippen LogP contribution in [0.1, 0.15) is 44.9 Å². The lowest BCUT2D eigenvalue weighted by Crippen LogP contribution is -2.61. The minimum atomic E-state index is -0.220. The summed E-state index contributed by atoms with van der Waals surface area (Å²) in [4.78, 5) is 12.0. The second-order valence-corrected chi connectivity index (χ2v) is 4.64. The number of carbonyl (C=O) groups is 1. The van der Waals surface area contributed by atoms with Gasteiger partial charge >= 0.3 is 0 Å². The summed E-state index contributed by atoms with van der Waals surface area (Å²) >= 11 is 0. The van der Waals surface area contributed by atoms with Gasteiger partial charge in [0.25, 0.3) is 0 Å². The van der Waals surface area contributed by atoms with Crippen molar-refractivity contribution >= 4 is 5.91 Å². The van der Waals surface area contributed by atoms with Crippen LogP contribution in [0.4, 0.5) is 0 Å². The van der Waals surface area contributed by atoms with E-state index >= 15 is 0 Å². The van der Waals surface area contributed by atoms with Gasteiger partial charge in [-0.05, 0) is 39.2 Å². The van der Waals surface area contributed by atoms with Gasteiger partial charge in [0.2, 0.25) is 5.91 Å². The molecule has 1 amide bonds. The summed E-state index contributed by atoms with van der Waals surface area (Å²) in [5.41, 5.74) is -0.220. The molecule has 2 aliphatic rings. The van der Waals surface area contributed by atoms with E-state index in [1.807, 2.05) is 7.05 Å². The van der Waals surface area contributed by atoms with E-state index in [1.165, 1.54) is 32.1 Å². The van der Waals surface area contributed by atoms with Crippen LogP contribution in [0.2, 0.25) is 0 Å². The van der Waals surface area contributed by atoms with Crippen molar-refractivity contribution in [3.63, 3.8) is 0 Å². The third kappa shape index (κ3) is 1.65. The van der Waals surface area contributed by atoms with Crippen LogP contribution >= 0.6 is 0 Å². The van der Waals surface area contributed by atoms with Gasteiger partial charge in [-0.2, -0.15) is 0 Å². The Hall–Kier alpha value is -0.570. The molecule has 2 N–H and O–H groups in total. The van der Waals surface area contributed by atoms with Gasteiger partial charge in [0, 0.05) is 6.04 Å². The Kier molecular flexibility index (Phi) is 2.77. The minimum absolute atomic E-state index is 0.220. The van der Waals surface area contributed by atoms with Crippen molar-refractivity contribution in [1.29, 1.82) is 0 Å². The Morgan fingerprint density at radius 1 is 1.21 bits per heavy atom. The van der Waals surface area contributed by atoms with Crippen molar-refractivity contribution in [2.45, 2.75) is 56.5 Å². The van der Waals surface area contributed by atoms with Crippen molar-refractivity contribution in [2.75, 3.05) is 7.05 Å². The first kappa shape index (κ1) is 9.97. The Labute approximate surface area is 85.6 Å². The summed E-state index contributed by atoms with van der Waals surface area (Å²) in [6.45, 7) is 0. The molecule has 0 spiro atoms. The van der Waals surface area contributed by atoms with Crippen LogP contribution in [0.15, 0.2) is 0 Å². The zero-order valence-corrected chi connectivity index (χ0v) is 8.94. The van der Waals surface area contributed by atoms with Crippen molar-refractivity contribution in [3.05, 3.63) is 0 Å². The molecule has 3 nitrogen and oxygen atoms in total. The average molecular weight is 196 g/mol. The molecule has 80 valence electrons. The van der Waals surface area contributed by atoms with Crippen molar-refractivity contribution in [2.24, 2.45) is 0 Å². The second kappa shape index (κ2) is 3.89. The number of likely N-dealkylation sites (N-methyl/N-ethyl adjacent to an activating group) is 1. The molecule has 0 aromatic rings. The molecule has 2 fully saturated rings. The van der Waals surface area contributed by atoms with E-state index in [-0.39, 0.29) is 11.4 Å². The lowest BCUT2D eigenvalue weighted by Gasteiger charge is -2.40. The standard InChI is InChI=1S/C11H20N2O/c1-12-11(7-4-8-11)10(14)13-9-5-2-3-6-9/h9,12H,2-8H2,1H3,(H,13,14). The molecule has 0 bridgehead atoms. The second-order valence-electron chi connectivity index (χ2n) is 4.64. The molecule has 0 aromatic carbocycles. The summed E-state index contributed by atoms with van der Waals surface area (Å²) in [5.74, 6) is 0.234. The lowest BCUT2D eigenvalue weighted by molar-refractivity contribution is -0.131. The van der Waals surface area contributed by atoms with Crippen LogP contribution in [0, 0.1) is 0 Å². The topological polar surface area (TPSA) is 41.1 Å². The van der Waals surface area contributed by atoms with Crippen LogP contribution in [0.5, 0.6) is 0 Å². The van der Waals surface area contributed by atoms with Gasteiger partial charge in [0.15, 0.2) is 0 Å². The number of amides is 1. The molecule has 0 atom stereocenters. The predicted molar refractivity (Wildman–Crippen MR) is 56.0 cm³/mol. The summed E-state index contributed by atoms with van der Waals surface area (Å²) in [7, 11) is 1.90. The van der Waals surface area contributed by atoms with Crippen LogP contribution in [-0.2, 0) is 4.79 Å². The monoisotopic (exact) mass is 196 g/mol. The van der Waals surface area contributed by atoms with Crippen LogP contribution < -0.4 is 10.6 Å². The average Bonchev–Trinajstić information content (AvgIpc) is 2.55. The fourth-order valence-electron chi connectivity index (χ4n) is 2.51. The Morgan fingerprint density at radius 2 is 1.86 bits per heavy atom. The van der Waals surface area contributed by atoms with Gasteiger partial charge in [-0.1, -0.05) is 12.8 Å². The van der Waals surface area contributed by atoms with Crippen molar-refractivity contribution in [1.82, 2.24) is 10.6 Å². The van der Waals surface area contributed by atoms with E-state index in [1.54, 1.807) is 0 Å². The highest BCUT2D eigenvalue weighted by atomic mass is 16.2. The molecule has 2 aliphatic carbocycles. The number of rotatable bonds is 3. The van der Waals surface area contributed by atoms with Gasteiger partial charge in [-0.15, -0.1) is 0 Å². The molecule has 0 aromatic heterocycles. The first-order valence-electron chi connectivity index (χ1n) is 5.77. The maximum atomic E-state index is 12.0. The van der Waals surface area contributed by atoms with Gasteiger partial charge in [-0.3, -0.25) is 4.79 Å². The minimum Gasteiger partial charge on any atom is -0.352 e. The van der Waals surface area contributed by atoms with E-state index < -0.39 is 0 Å². The highest BCUT2D eigenvalue weighted by Crippen LogP contribution is 2.32. The third-order valence-electron chi connectivity index (χ3n) is 3.81. The number of hydrogen-bond acceptors (Lipinski definition) is 2. The molecule has 0 unspecified atom stereocenters. The van der Waals surface area contributed by atoms with Crippen molar-refractivity contribution in [3.8, 4) is 0 Å². The first-order valence-corrected chi connectivity index (χ1v) is 5.77. The maximum absolute atomic E-state index is 12.0. The highest BCUT2D eigenvalue weighted by molar-refractivity contribution is 5.87. The van der Waals surface area contributed by atoms with Crippen LogP contribution in [0.3, 0.4) is 0 Å². The van der Waals surface area contributed by atoms with Gasteiger partial charge in [0.05, 0.1) is 5.54 Å². The zero-order valence-electron chi connectivity index (χ0n) is 8.94. The quantitative estimate of drug-likeness (QED) is 0.712. The van der Waals surface area contributed by atoms with Gasteiger partial charge < -0.3 is 10.6 Å². The van der Waals surface area contributed by atoms with E-state index in [0.717, 1.165) is 12.8 Å². The molecule has 0 radical (unpaired) electrons. The predicted octanol–water partition coefficient (Wildman–Crippen LogP) is 1.19. The molecule has 14 heavy (non-hydrogen) atoms. The van der Waals surface area contributed by atoms with Crippen LogP contribution in [-0.4, -0.2) is 24.5 Å². The fraction of sp³-hybridized carbons (Fsp3) is 0.909. The molecule has 0 aliphatic heterocycles. The Balaban J connectivity index is 1.87. The summed E-state index contributed by atoms with van der Waals surface area (Å²) in [6, 6.07) is 0.452. The van der Waals surface area contributed by atoms with Crippen LogP contribution in [0.25, 0.3) is 0 Å². The van der Waals surface area contributed by atoms with E-state index in [4.69, 9.17) is 0 Å². The first-order chi connectivity index (χ1) is 6.77. The molecular weight excluding hydrogens is 176 g/mol. The molecule has 0 saturated heterocycles. The Morgan fingerprint density at radius 3 is 2.29 bits per heavy atom. The normalized spacial score (nSPS) is 25.8. The maximum Gasteiger partial charge on any atom is 0.240 e. The number of carbonyl (C=O) groups excluding carboxylic acids is 1. The van der Waals surface area contributed by atoms with E-state index in [0.29, 0.717) is 6.04 Å². The summed E-state index contributed by atoms with van der Waals surface area (Å²) in [6.07, 6.45) is 8.08. The lowest BCUT2D eigenvalue weighted by atomic mass is 9.76. The Bertz CT molecular complexity index is 212. The molecule has 2 saturated carbocycles. The largest absolute Gasteiger partial charge is 0.352 e. The van der Waals surface area contributed by atoms with Gasteiger partial charge in [-0.25, -0.2) is 0 Å². The number of hydrogen-bond donors (Lipinski definition) is 2. The van der Waals surface area contributed by atoms with Gasteiger partial charge in [0.1, 0.15) is 0 Å². The third-order valence-corrected chi connectivity index (χ3v) is 3.81. The molecule has 2 rings (SSSR count). The molecular formula is C11H20N2O. The SMILES string of the molecule is CNC1(C(=O)NC2CCCC2)CCC1. The highest BCUT2D eigenvalue weighted by Gasteiger charge is 2.43. The zero-order chi connectivity index (χ0) is 10.0. The summed E-state index contributed by atoms with van der Waals surface area (Å²) < 4.78 is 0. The fourth-order valence-corrected chi connectivity index (χ4v) is 2.51. The smallest absolute Gasteiger partial charge is 0.240 e. The van der Waals surface area contributed by atoms with Crippen molar-refractivity contribution < 1.29 is 4.79 Å². The van der Waals surface area contributed by atoms with E-state index in [9.17, 15) is 4.79 Å². The molecule has 3 heteroatoms.